The molecule has 0 saturated carbocycles. The summed E-state index contributed by atoms with van der Waals surface area (Å²) in [6, 6.07) is 0. The molecule has 9 nitrogen and oxygen atoms in total. The van der Waals surface area contributed by atoms with E-state index < -0.39 is 10.8 Å². The molecule has 10 heteroatoms. The first-order chi connectivity index (χ1) is 10.8. The molecule has 0 unspecified atom stereocenters. The van der Waals surface area contributed by atoms with E-state index in [4.69, 9.17) is 11.6 Å². The third kappa shape index (κ3) is 3.67. The van der Waals surface area contributed by atoms with Crippen LogP contribution in [0.2, 0.25) is 5.02 Å². The second-order valence-electron chi connectivity index (χ2n) is 5.10. The Morgan fingerprint density at radius 3 is 2.65 bits per heavy atom. The summed E-state index contributed by atoms with van der Waals surface area (Å²) in [4.78, 5) is 22.6. The molecule has 0 spiro atoms. The number of aryl methyl sites for hydroxylation is 4. The van der Waals surface area contributed by atoms with Gasteiger partial charge in [-0.25, -0.2) is 0 Å². The predicted octanol–water partition coefficient (Wildman–Crippen LogP) is 1.62. The molecule has 0 aliphatic rings. The van der Waals surface area contributed by atoms with Crippen LogP contribution < -0.4 is 5.32 Å². The van der Waals surface area contributed by atoms with Gasteiger partial charge >= 0.3 is 5.69 Å². The molecule has 0 saturated heterocycles. The maximum atomic E-state index is 12.2. The topological polar surface area (TPSA) is 108 Å². The highest BCUT2D eigenvalue weighted by Gasteiger charge is 2.28. The fourth-order valence-corrected chi connectivity index (χ4v) is 2.41. The van der Waals surface area contributed by atoms with E-state index in [1.54, 1.807) is 10.9 Å². The highest BCUT2D eigenvalue weighted by Crippen LogP contribution is 2.21. The molecular weight excluding hydrogens is 324 g/mol. The molecular formula is C13H17ClN6O3. The van der Waals surface area contributed by atoms with E-state index in [1.165, 1.54) is 18.7 Å². The van der Waals surface area contributed by atoms with Crippen molar-refractivity contribution in [2.24, 2.45) is 7.05 Å². The number of rotatable bonds is 6. The van der Waals surface area contributed by atoms with Crippen LogP contribution in [0.5, 0.6) is 0 Å². The average molecular weight is 341 g/mol. The van der Waals surface area contributed by atoms with E-state index in [2.05, 4.69) is 15.5 Å². The largest absolute Gasteiger partial charge is 0.350 e. The van der Waals surface area contributed by atoms with Gasteiger partial charge in [-0.2, -0.15) is 10.2 Å². The second-order valence-corrected chi connectivity index (χ2v) is 5.51. The molecule has 0 aromatic carbocycles. The van der Waals surface area contributed by atoms with Crippen molar-refractivity contribution >= 4 is 23.2 Å². The number of carbonyl (C=O) groups is 1. The van der Waals surface area contributed by atoms with Gasteiger partial charge in [0.15, 0.2) is 0 Å². The van der Waals surface area contributed by atoms with E-state index in [1.807, 2.05) is 6.92 Å². The van der Waals surface area contributed by atoms with Gasteiger partial charge in [0.05, 0.1) is 15.6 Å². The molecule has 0 aliphatic heterocycles. The smallest absolute Gasteiger partial charge is 0.322 e. The first-order valence-corrected chi connectivity index (χ1v) is 7.34. The highest BCUT2D eigenvalue weighted by atomic mass is 35.5. The fraction of sp³-hybridized carbons (Fsp3) is 0.462. The van der Waals surface area contributed by atoms with Gasteiger partial charge in [-0.3, -0.25) is 24.3 Å². The number of nitro groups is 1. The molecule has 2 aromatic rings. The summed E-state index contributed by atoms with van der Waals surface area (Å²) in [5, 5.41) is 22.4. The van der Waals surface area contributed by atoms with Crippen LogP contribution in [0.1, 0.15) is 28.3 Å². The number of nitrogens with zero attached hydrogens (tertiary/aromatic N) is 5. The van der Waals surface area contributed by atoms with E-state index >= 15 is 0 Å². The molecule has 124 valence electrons. The Kier molecular flexibility index (Phi) is 4.99. The zero-order valence-electron chi connectivity index (χ0n) is 13.0. The zero-order valence-corrected chi connectivity index (χ0v) is 13.8. The third-order valence-corrected chi connectivity index (χ3v) is 3.70. The summed E-state index contributed by atoms with van der Waals surface area (Å²) in [6.07, 6.45) is 2.34. The van der Waals surface area contributed by atoms with Crippen LogP contribution in [0.3, 0.4) is 0 Å². The first kappa shape index (κ1) is 16.9. The minimum absolute atomic E-state index is 0.0505. The van der Waals surface area contributed by atoms with Gasteiger partial charge in [0.1, 0.15) is 5.69 Å². The highest BCUT2D eigenvalue weighted by molar-refractivity contribution is 6.31. The molecule has 1 amide bonds. The van der Waals surface area contributed by atoms with Crippen molar-refractivity contribution in [2.45, 2.75) is 26.8 Å². The predicted molar refractivity (Wildman–Crippen MR) is 83.5 cm³/mol. The van der Waals surface area contributed by atoms with Crippen molar-refractivity contribution in [2.75, 3.05) is 6.54 Å². The lowest BCUT2D eigenvalue weighted by atomic mass is 10.3. The lowest BCUT2D eigenvalue weighted by molar-refractivity contribution is -0.385. The number of amides is 1. The third-order valence-electron chi connectivity index (χ3n) is 3.32. The van der Waals surface area contributed by atoms with E-state index in [0.29, 0.717) is 24.5 Å². The summed E-state index contributed by atoms with van der Waals surface area (Å²) in [5.74, 6) is -0.519. The lowest BCUT2D eigenvalue weighted by Gasteiger charge is -2.05. The van der Waals surface area contributed by atoms with Crippen LogP contribution in [0.15, 0.2) is 6.20 Å². The van der Waals surface area contributed by atoms with Gasteiger partial charge in [0, 0.05) is 26.3 Å². The van der Waals surface area contributed by atoms with E-state index in [-0.39, 0.29) is 17.1 Å². The van der Waals surface area contributed by atoms with Crippen LogP contribution in [0.4, 0.5) is 5.69 Å². The summed E-state index contributed by atoms with van der Waals surface area (Å²) < 4.78 is 2.92. The van der Waals surface area contributed by atoms with Crippen molar-refractivity contribution in [1.29, 1.82) is 0 Å². The summed E-state index contributed by atoms with van der Waals surface area (Å²) in [6.45, 7) is 4.25. The van der Waals surface area contributed by atoms with Crippen molar-refractivity contribution < 1.29 is 9.72 Å². The first-order valence-electron chi connectivity index (χ1n) is 6.97. The quantitative estimate of drug-likeness (QED) is 0.488. The molecule has 0 radical (unpaired) electrons. The zero-order chi connectivity index (χ0) is 17.1. The summed E-state index contributed by atoms with van der Waals surface area (Å²) in [7, 11) is 1.50. The normalized spacial score (nSPS) is 10.8. The van der Waals surface area contributed by atoms with Crippen molar-refractivity contribution in [1.82, 2.24) is 24.9 Å². The number of carbonyl (C=O) groups excluding carboxylic acids is 1. The van der Waals surface area contributed by atoms with Crippen molar-refractivity contribution in [3.05, 3.63) is 38.4 Å². The molecule has 1 N–H and O–H groups in total. The average Bonchev–Trinajstić information content (AvgIpc) is 2.94. The van der Waals surface area contributed by atoms with Gasteiger partial charge < -0.3 is 5.32 Å². The number of hydrogen-bond donors (Lipinski definition) is 1. The minimum Gasteiger partial charge on any atom is -0.350 e. The standard InChI is InChI=1S/C13H17ClN6O3/c1-8-10(14)7-19(17-8)6-4-5-15-13(21)12-11(20(22)23)9(2)16-18(12)3/h7H,4-6H2,1-3H3,(H,15,21). The number of hydrogen-bond acceptors (Lipinski definition) is 5. The van der Waals surface area contributed by atoms with Gasteiger partial charge in [-0.1, -0.05) is 11.6 Å². The monoisotopic (exact) mass is 340 g/mol. The Morgan fingerprint density at radius 1 is 1.39 bits per heavy atom. The maximum absolute atomic E-state index is 12.2. The number of aromatic nitrogens is 4. The van der Waals surface area contributed by atoms with Crippen LogP contribution in [0.25, 0.3) is 0 Å². The molecule has 0 atom stereocenters. The Labute approximate surface area is 137 Å². The Hall–Kier alpha value is -2.42. The SMILES string of the molecule is Cc1nn(CCCNC(=O)c2c([N+](=O)[O-])c(C)nn2C)cc1Cl. The van der Waals surface area contributed by atoms with Crippen LogP contribution >= 0.6 is 11.6 Å². The van der Waals surface area contributed by atoms with Crippen molar-refractivity contribution in [3.8, 4) is 0 Å². The van der Waals surface area contributed by atoms with Crippen molar-refractivity contribution in [3.63, 3.8) is 0 Å². The number of halogens is 1. The molecule has 2 rings (SSSR count). The second kappa shape index (κ2) is 6.78. The summed E-state index contributed by atoms with van der Waals surface area (Å²) in [5.41, 5.74) is 0.644. The molecule has 0 aliphatic carbocycles. The molecule has 0 bridgehead atoms. The van der Waals surface area contributed by atoms with Gasteiger partial charge in [0.25, 0.3) is 5.91 Å². The fourth-order valence-electron chi connectivity index (χ4n) is 2.25. The van der Waals surface area contributed by atoms with Crippen LogP contribution in [0, 0.1) is 24.0 Å². The molecule has 2 aromatic heterocycles. The van der Waals surface area contributed by atoms with Gasteiger partial charge in [-0.05, 0) is 20.3 Å². The van der Waals surface area contributed by atoms with Gasteiger partial charge in [0.2, 0.25) is 5.69 Å². The Morgan fingerprint density at radius 2 is 2.09 bits per heavy atom. The lowest BCUT2D eigenvalue weighted by Crippen LogP contribution is -2.28. The van der Waals surface area contributed by atoms with E-state index in [9.17, 15) is 14.9 Å². The summed E-state index contributed by atoms with van der Waals surface area (Å²) >= 11 is 5.91. The van der Waals surface area contributed by atoms with Crippen LogP contribution in [-0.2, 0) is 13.6 Å². The molecule has 2 heterocycles. The number of nitrogens with one attached hydrogen (secondary N) is 1. The minimum atomic E-state index is -0.592. The maximum Gasteiger partial charge on any atom is 0.322 e. The Balaban J connectivity index is 1.94. The Bertz CT molecular complexity index is 732. The molecule has 23 heavy (non-hydrogen) atoms. The van der Waals surface area contributed by atoms with Gasteiger partial charge in [-0.15, -0.1) is 0 Å². The van der Waals surface area contributed by atoms with E-state index in [0.717, 1.165) is 5.69 Å². The molecule has 0 fully saturated rings. The van der Waals surface area contributed by atoms with Crippen LogP contribution in [-0.4, -0.2) is 36.9 Å².